The molecule has 0 atom stereocenters. The van der Waals surface area contributed by atoms with Crippen molar-refractivity contribution in [2.75, 3.05) is 19.5 Å². The second-order valence-electron chi connectivity index (χ2n) is 4.14. The fraction of sp³-hybridized carbons (Fsp3) is 0.385. The maximum atomic E-state index is 5.43. The van der Waals surface area contributed by atoms with E-state index in [0.29, 0.717) is 6.04 Å². The van der Waals surface area contributed by atoms with Crippen LogP contribution in [0.3, 0.4) is 0 Å². The predicted molar refractivity (Wildman–Crippen MR) is 68.4 cm³/mol. The first-order chi connectivity index (χ1) is 7.69. The minimum absolute atomic E-state index is 0.429. The average molecular weight is 218 g/mol. The highest BCUT2D eigenvalue weighted by molar-refractivity contribution is 5.96. The summed E-state index contributed by atoms with van der Waals surface area (Å²) in [5, 5.41) is 4.41. The number of aromatic nitrogens is 1. The molecular weight excluding hydrogens is 200 g/mol. The van der Waals surface area contributed by atoms with Crippen molar-refractivity contribution in [3.05, 3.63) is 24.4 Å². The summed E-state index contributed by atoms with van der Waals surface area (Å²) in [5.41, 5.74) is 2.29. The van der Waals surface area contributed by atoms with Gasteiger partial charge in [-0.05, 0) is 32.0 Å². The zero-order valence-electron chi connectivity index (χ0n) is 10.2. The second-order valence-corrected chi connectivity index (χ2v) is 4.14. The Labute approximate surface area is 96.0 Å². The van der Waals surface area contributed by atoms with E-state index in [1.165, 1.54) is 5.39 Å². The summed E-state index contributed by atoms with van der Waals surface area (Å²) in [4.78, 5) is 0. The van der Waals surface area contributed by atoms with Gasteiger partial charge in [0.05, 0.1) is 12.6 Å². The number of methoxy groups -OCH3 is 1. The van der Waals surface area contributed by atoms with Crippen LogP contribution >= 0.6 is 0 Å². The largest absolute Gasteiger partial charge is 0.495 e. The van der Waals surface area contributed by atoms with E-state index in [-0.39, 0.29) is 0 Å². The molecule has 1 aromatic heterocycles. The molecule has 0 aliphatic rings. The van der Waals surface area contributed by atoms with Crippen LogP contribution in [0.25, 0.3) is 10.9 Å². The highest BCUT2D eigenvalue weighted by Crippen LogP contribution is 2.33. The standard InChI is InChI=1S/C13H18N2O/c1-9(2)15-8-7-10-11(14-3)5-6-12(16-4)13(10)15/h5-9,14H,1-4H3. The van der Waals surface area contributed by atoms with E-state index in [9.17, 15) is 0 Å². The van der Waals surface area contributed by atoms with Gasteiger partial charge in [0, 0.05) is 30.4 Å². The molecule has 0 saturated carbocycles. The number of nitrogens with one attached hydrogen (secondary N) is 1. The van der Waals surface area contributed by atoms with Gasteiger partial charge < -0.3 is 14.6 Å². The SMILES string of the molecule is CNc1ccc(OC)c2c1ccn2C(C)C. The summed E-state index contributed by atoms with van der Waals surface area (Å²) < 4.78 is 7.66. The Morgan fingerprint density at radius 2 is 2.00 bits per heavy atom. The summed E-state index contributed by atoms with van der Waals surface area (Å²) in [5.74, 6) is 0.924. The first-order valence-corrected chi connectivity index (χ1v) is 5.54. The van der Waals surface area contributed by atoms with Gasteiger partial charge in [-0.3, -0.25) is 0 Å². The van der Waals surface area contributed by atoms with Crippen molar-refractivity contribution in [3.63, 3.8) is 0 Å². The molecule has 3 nitrogen and oxygen atoms in total. The van der Waals surface area contributed by atoms with E-state index in [2.05, 4.69) is 36.0 Å². The maximum absolute atomic E-state index is 5.43. The topological polar surface area (TPSA) is 26.2 Å². The highest BCUT2D eigenvalue weighted by atomic mass is 16.5. The monoisotopic (exact) mass is 218 g/mol. The lowest BCUT2D eigenvalue weighted by Gasteiger charge is -2.13. The lowest BCUT2D eigenvalue weighted by Crippen LogP contribution is -2.00. The summed E-state index contributed by atoms with van der Waals surface area (Å²) >= 11 is 0. The Morgan fingerprint density at radius 1 is 1.25 bits per heavy atom. The number of rotatable bonds is 3. The van der Waals surface area contributed by atoms with Crippen molar-refractivity contribution in [1.29, 1.82) is 0 Å². The number of benzene rings is 1. The lowest BCUT2D eigenvalue weighted by molar-refractivity contribution is 0.416. The van der Waals surface area contributed by atoms with E-state index in [1.54, 1.807) is 7.11 Å². The fourth-order valence-corrected chi connectivity index (χ4v) is 2.07. The molecule has 0 spiro atoms. The maximum Gasteiger partial charge on any atom is 0.143 e. The summed E-state index contributed by atoms with van der Waals surface area (Å²) in [6, 6.07) is 6.61. The second kappa shape index (κ2) is 4.08. The Bertz CT molecular complexity index is 500. The fourth-order valence-electron chi connectivity index (χ4n) is 2.07. The first-order valence-electron chi connectivity index (χ1n) is 5.54. The third-order valence-electron chi connectivity index (χ3n) is 2.89. The predicted octanol–water partition coefficient (Wildman–Crippen LogP) is 3.27. The first kappa shape index (κ1) is 10.9. The van der Waals surface area contributed by atoms with Gasteiger partial charge in [0.15, 0.2) is 0 Å². The zero-order valence-corrected chi connectivity index (χ0v) is 10.2. The summed E-state index contributed by atoms with van der Waals surface area (Å²) in [7, 11) is 3.65. The number of anilines is 1. The van der Waals surface area contributed by atoms with Crippen LogP contribution in [0.1, 0.15) is 19.9 Å². The Hall–Kier alpha value is -1.64. The van der Waals surface area contributed by atoms with Crippen LogP contribution in [0.15, 0.2) is 24.4 Å². The van der Waals surface area contributed by atoms with Crippen LogP contribution in [0.4, 0.5) is 5.69 Å². The Kier molecular flexibility index (Phi) is 2.77. The molecule has 3 heteroatoms. The number of hydrogen-bond donors (Lipinski definition) is 1. The van der Waals surface area contributed by atoms with Crippen molar-refractivity contribution < 1.29 is 4.74 Å². The summed E-state index contributed by atoms with van der Waals surface area (Å²) in [6.45, 7) is 4.34. The van der Waals surface area contributed by atoms with Crippen molar-refractivity contribution in [2.24, 2.45) is 0 Å². The van der Waals surface area contributed by atoms with E-state index in [0.717, 1.165) is 17.0 Å². The molecule has 0 bridgehead atoms. The van der Waals surface area contributed by atoms with Crippen LogP contribution in [-0.4, -0.2) is 18.7 Å². The average Bonchev–Trinajstić information content (AvgIpc) is 2.72. The molecule has 0 saturated heterocycles. The van der Waals surface area contributed by atoms with Crippen molar-refractivity contribution in [2.45, 2.75) is 19.9 Å². The Balaban J connectivity index is 2.77. The van der Waals surface area contributed by atoms with Crippen molar-refractivity contribution >= 4 is 16.6 Å². The molecule has 1 aromatic carbocycles. The smallest absolute Gasteiger partial charge is 0.143 e. The molecular formula is C13H18N2O. The molecule has 2 rings (SSSR count). The van der Waals surface area contributed by atoms with Gasteiger partial charge in [0.1, 0.15) is 5.75 Å². The van der Waals surface area contributed by atoms with Gasteiger partial charge >= 0.3 is 0 Å². The molecule has 86 valence electrons. The normalized spacial score (nSPS) is 11.1. The number of fused-ring (bicyclic) bond motifs is 1. The molecule has 0 amide bonds. The van der Waals surface area contributed by atoms with Crippen molar-refractivity contribution in [3.8, 4) is 5.75 Å². The Morgan fingerprint density at radius 3 is 2.56 bits per heavy atom. The molecule has 2 aromatic rings. The van der Waals surface area contributed by atoms with Gasteiger partial charge in [0.2, 0.25) is 0 Å². The molecule has 1 heterocycles. The quantitative estimate of drug-likeness (QED) is 0.855. The van der Waals surface area contributed by atoms with E-state index < -0.39 is 0 Å². The zero-order chi connectivity index (χ0) is 11.7. The molecule has 0 unspecified atom stereocenters. The van der Waals surface area contributed by atoms with Crippen LogP contribution in [0.2, 0.25) is 0 Å². The summed E-state index contributed by atoms with van der Waals surface area (Å²) in [6.07, 6.45) is 2.11. The van der Waals surface area contributed by atoms with E-state index in [4.69, 9.17) is 4.74 Å². The molecule has 1 N–H and O–H groups in total. The van der Waals surface area contributed by atoms with Gasteiger partial charge in [-0.2, -0.15) is 0 Å². The minimum atomic E-state index is 0.429. The number of hydrogen-bond acceptors (Lipinski definition) is 2. The third-order valence-corrected chi connectivity index (χ3v) is 2.89. The van der Waals surface area contributed by atoms with E-state index >= 15 is 0 Å². The molecule has 16 heavy (non-hydrogen) atoms. The van der Waals surface area contributed by atoms with Crippen LogP contribution in [-0.2, 0) is 0 Å². The van der Waals surface area contributed by atoms with Crippen LogP contribution < -0.4 is 10.1 Å². The van der Waals surface area contributed by atoms with E-state index in [1.807, 2.05) is 19.2 Å². The molecule has 0 aliphatic carbocycles. The van der Waals surface area contributed by atoms with Gasteiger partial charge in [-0.1, -0.05) is 0 Å². The number of ether oxygens (including phenoxy) is 1. The van der Waals surface area contributed by atoms with Crippen LogP contribution in [0.5, 0.6) is 5.75 Å². The lowest BCUT2D eigenvalue weighted by atomic mass is 10.2. The molecule has 0 radical (unpaired) electrons. The van der Waals surface area contributed by atoms with Gasteiger partial charge in [-0.15, -0.1) is 0 Å². The highest BCUT2D eigenvalue weighted by Gasteiger charge is 2.12. The van der Waals surface area contributed by atoms with Gasteiger partial charge in [-0.25, -0.2) is 0 Å². The molecule has 0 aliphatic heterocycles. The van der Waals surface area contributed by atoms with Crippen molar-refractivity contribution in [1.82, 2.24) is 4.57 Å². The van der Waals surface area contributed by atoms with Crippen LogP contribution in [0, 0.1) is 0 Å². The number of nitrogens with zero attached hydrogens (tertiary/aromatic N) is 1. The van der Waals surface area contributed by atoms with Gasteiger partial charge in [0.25, 0.3) is 0 Å². The third kappa shape index (κ3) is 1.52. The minimum Gasteiger partial charge on any atom is -0.495 e. The molecule has 0 fully saturated rings.